The number of carbonyl (C=O) groups is 1. The largest absolute Gasteiger partial charge is 0.467 e. The molecule has 0 saturated carbocycles. The van der Waals surface area contributed by atoms with Crippen molar-refractivity contribution in [1.29, 1.82) is 0 Å². The van der Waals surface area contributed by atoms with Crippen LogP contribution in [0.25, 0.3) is 0 Å². The Morgan fingerprint density at radius 2 is 1.75 bits per heavy atom. The molecule has 0 saturated heterocycles. The van der Waals surface area contributed by atoms with Crippen molar-refractivity contribution in [1.82, 2.24) is 0 Å². The zero-order valence-corrected chi connectivity index (χ0v) is 11.5. The van der Waals surface area contributed by atoms with Crippen LogP contribution in [0.2, 0.25) is 0 Å². The minimum Gasteiger partial charge on any atom is -0.467 e. The summed E-state index contributed by atoms with van der Waals surface area (Å²) in [6, 6.07) is 4.64. The van der Waals surface area contributed by atoms with E-state index < -0.39 is 23.8 Å². The van der Waals surface area contributed by atoms with Crippen molar-refractivity contribution in [3.63, 3.8) is 0 Å². The van der Waals surface area contributed by atoms with Crippen molar-refractivity contribution in [3.05, 3.63) is 35.4 Å². The smallest absolute Gasteiger partial charge is 0.416 e. The quantitative estimate of drug-likeness (QED) is 0.779. The average Bonchev–Trinajstić information content (AvgIpc) is 2.37. The van der Waals surface area contributed by atoms with E-state index in [0.29, 0.717) is 5.56 Å². The fourth-order valence-corrected chi connectivity index (χ4v) is 1.62. The zero-order chi connectivity index (χ0) is 15.3. The molecule has 0 aliphatic heterocycles. The molecule has 0 amide bonds. The van der Waals surface area contributed by atoms with E-state index >= 15 is 0 Å². The maximum absolute atomic E-state index is 12.4. The van der Waals surface area contributed by atoms with Crippen molar-refractivity contribution in [2.45, 2.75) is 32.7 Å². The van der Waals surface area contributed by atoms with E-state index in [1.165, 1.54) is 19.2 Å². The van der Waals surface area contributed by atoms with Crippen LogP contribution >= 0.6 is 0 Å². The molecule has 0 spiro atoms. The highest BCUT2D eigenvalue weighted by Gasteiger charge is 2.30. The molecule has 0 aromatic heterocycles. The van der Waals surface area contributed by atoms with Gasteiger partial charge in [-0.25, -0.2) is 4.79 Å². The molecule has 0 N–H and O–H groups in total. The maximum atomic E-state index is 12.4. The Bertz CT molecular complexity index is 438. The minimum absolute atomic E-state index is 0.0517. The van der Waals surface area contributed by atoms with E-state index in [2.05, 4.69) is 4.74 Å². The van der Waals surface area contributed by atoms with Gasteiger partial charge < -0.3 is 9.47 Å². The Labute approximate surface area is 115 Å². The highest BCUT2D eigenvalue weighted by Crippen LogP contribution is 2.29. The molecule has 0 radical (unpaired) electrons. The summed E-state index contributed by atoms with van der Waals surface area (Å²) in [4.78, 5) is 11.5. The van der Waals surface area contributed by atoms with Gasteiger partial charge >= 0.3 is 12.1 Å². The Morgan fingerprint density at radius 3 is 2.15 bits per heavy atom. The van der Waals surface area contributed by atoms with Crippen LogP contribution in [0.3, 0.4) is 0 Å². The highest BCUT2D eigenvalue weighted by atomic mass is 19.4. The molecule has 1 aromatic carbocycles. The van der Waals surface area contributed by atoms with Crippen molar-refractivity contribution in [2.75, 3.05) is 7.11 Å². The summed E-state index contributed by atoms with van der Waals surface area (Å²) in [5.41, 5.74) is -0.151. The van der Waals surface area contributed by atoms with Crippen LogP contribution in [0.1, 0.15) is 25.0 Å². The summed E-state index contributed by atoms with van der Waals surface area (Å²) in [7, 11) is 1.26. The molecule has 3 nitrogen and oxygen atoms in total. The van der Waals surface area contributed by atoms with Crippen LogP contribution in [0.5, 0.6) is 0 Å². The molecule has 112 valence electrons. The van der Waals surface area contributed by atoms with E-state index in [4.69, 9.17) is 4.74 Å². The fourth-order valence-electron chi connectivity index (χ4n) is 1.62. The number of esters is 1. The second-order valence-corrected chi connectivity index (χ2v) is 4.69. The van der Waals surface area contributed by atoms with Gasteiger partial charge in [0.25, 0.3) is 0 Å². The molecule has 0 bridgehead atoms. The topological polar surface area (TPSA) is 35.5 Å². The lowest BCUT2D eigenvalue weighted by atomic mass is 10.1. The minimum atomic E-state index is -4.36. The average molecular weight is 290 g/mol. The Morgan fingerprint density at radius 1 is 1.20 bits per heavy atom. The standard InChI is InChI=1S/C14H17F3O3/c1-9(2)12(13(18)19-3)20-8-10-4-6-11(7-5-10)14(15,16)17/h4-7,9,12H,8H2,1-3H3/t12-/m1/s1. The second-order valence-electron chi connectivity index (χ2n) is 4.69. The van der Waals surface area contributed by atoms with Gasteiger partial charge in [-0.1, -0.05) is 26.0 Å². The number of rotatable bonds is 5. The molecule has 1 atom stereocenters. The lowest BCUT2D eigenvalue weighted by Gasteiger charge is -2.19. The molecular formula is C14H17F3O3. The lowest BCUT2D eigenvalue weighted by molar-refractivity contribution is -0.158. The van der Waals surface area contributed by atoms with Gasteiger partial charge in [-0.05, 0) is 23.6 Å². The molecular weight excluding hydrogens is 273 g/mol. The number of halogens is 3. The van der Waals surface area contributed by atoms with Crippen molar-refractivity contribution < 1.29 is 27.4 Å². The molecule has 0 unspecified atom stereocenters. The first-order valence-electron chi connectivity index (χ1n) is 6.11. The lowest BCUT2D eigenvalue weighted by Crippen LogP contribution is -2.30. The van der Waals surface area contributed by atoms with Gasteiger partial charge in [0.2, 0.25) is 0 Å². The third kappa shape index (κ3) is 4.52. The summed E-state index contributed by atoms with van der Waals surface area (Å²) < 4.78 is 47.2. The Balaban J connectivity index is 2.67. The van der Waals surface area contributed by atoms with E-state index in [1.54, 1.807) is 13.8 Å². The maximum Gasteiger partial charge on any atom is 0.416 e. The molecule has 0 aliphatic rings. The third-order valence-electron chi connectivity index (χ3n) is 2.75. The number of methoxy groups -OCH3 is 1. The van der Waals surface area contributed by atoms with Gasteiger partial charge in [-0.3, -0.25) is 0 Å². The van der Waals surface area contributed by atoms with Gasteiger partial charge in [-0.2, -0.15) is 13.2 Å². The molecule has 1 rings (SSSR count). The highest BCUT2D eigenvalue weighted by molar-refractivity contribution is 5.74. The van der Waals surface area contributed by atoms with Crippen LogP contribution in [0.15, 0.2) is 24.3 Å². The van der Waals surface area contributed by atoms with Crippen molar-refractivity contribution in [2.24, 2.45) is 5.92 Å². The van der Waals surface area contributed by atoms with Crippen LogP contribution < -0.4 is 0 Å². The number of hydrogen-bond acceptors (Lipinski definition) is 3. The van der Waals surface area contributed by atoms with E-state index in [9.17, 15) is 18.0 Å². The van der Waals surface area contributed by atoms with Gasteiger partial charge in [0.05, 0.1) is 19.3 Å². The van der Waals surface area contributed by atoms with E-state index in [0.717, 1.165) is 12.1 Å². The summed E-state index contributed by atoms with van der Waals surface area (Å²) in [6.45, 7) is 3.65. The van der Waals surface area contributed by atoms with Crippen LogP contribution in [0, 0.1) is 5.92 Å². The predicted octanol–water partition coefficient (Wildman–Crippen LogP) is 3.42. The van der Waals surface area contributed by atoms with Crippen LogP contribution in [0.4, 0.5) is 13.2 Å². The predicted molar refractivity (Wildman–Crippen MR) is 66.9 cm³/mol. The zero-order valence-electron chi connectivity index (χ0n) is 11.5. The summed E-state index contributed by atoms with van der Waals surface area (Å²) >= 11 is 0. The number of carbonyl (C=O) groups excluding carboxylic acids is 1. The summed E-state index contributed by atoms with van der Waals surface area (Å²) in [5.74, 6) is -0.580. The molecule has 1 aromatic rings. The van der Waals surface area contributed by atoms with E-state index in [-0.39, 0.29) is 12.5 Å². The number of ether oxygens (including phenoxy) is 2. The molecule has 0 fully saturated rings. The first-order chi connectivity index (χ1) is 9.25. The summed E-state index contributed by atoms with van der Waals surface area (Å²) in [6.07, 6.45) is -5.09. The van der Waals surface area contributed by atoms with Gasteiger partial charge in [0, 0.05) is 0 Å². The van der Waals surface area contributed by atoms with E-state index in [1.807, 2.05) is 0 Å². The monoisotopic (exact) mass is 290 g/mol. The van der Waals surface area contributed by atoms with Crippen molar-refractivity contribution >= 4 is 5.97 Å². The Hall–Kier alpha value is -1.56. The van der Waals surface area contributed by atoms with Gasteiger partial charge in [0.1, 0.15) is 0 Å². The second kappa shape index (κ2) is 6.74. The number of benzene rings is 1. The first-order valence-corrected chi connectivity index (χ1v) is 6.11. The van der Waals surface area contributed by atoms with Crippen molar-refractivity contribution in [3.8, 4) is 0 Å². The third-order valence-corrected chi connectivity index (χ3v) is 2.75. The number of hydrogen-bond donors (Lipinski definition) is 0. The van der Waals surface area contributed by atoms with Gasteiger partial charge in [-0.15, -0.1) is 0 Å². The molecule has 20 heavy (non-hydrogen) atoms. The number of alkyl halides is 3. The SMILES string of the molecule is COC(=O)[C@H](OCc1ccc(C(F)(F)F)cc1)C(C)C. The molecule has 6 heteroatoms. The fraction of sp³-hybridized carbons (Fsp3) is 0.500. The Kier molecular flexibility index (Phi) is 5.56. The van der Waals surface area contributed by atoms with Crippen LogP contribution in [-0.4, -0.2) is 19.2 Å². The normalized spacial score (nSPS) is 13.3. The first kappa shape index (κ1) is 16.5. The molecule has 0 aliphatic carbocycles. The summed E-state index contributed by atoms with van der Waals surface area (Å²) in [5, 5.41) is 0. The van der Waals surface area contributed by atoms with Crippen LogP contribution in [-0.2, 0) is 27.1 Å². The molecule has 0 heterocycles. The van der Waals surface area contributed by atoms with Gasteiger partial charge in [0.15, 0.2) is 6.10 Å².